The van der Waals surface area contributed by atoms with Crippen LogP contribution >= 0.6 is 0 Å². The lowest BCUT2D eigenvalue weighted by Crippen LogP contribution is -2.49. The number of halogens is 1. The number of fused-ring (bicyclic) bond motifs is 1. The largest absolute Gasteiger partial charge is 0.367 e. The molecule has 0 unspecified atom stereocenters. The highest BCUT2D eigenvalue weighted by atomic mass is 19.1. The van der Waals surface area contributed by atoms with Gasteiger partial charge in [-0.25, -0.2) is 9.07 Å². The number of rotatable bonds is 5. The summed E-state index contributed by atoms with van der Waals surface area (Å²) in [5.41, 5.74) is 2.69. The van der Waals surface area contributed by atoms with E-state index in [0.717, 1.165) is 17.3 Å². The van der Waals surface area contributed by atoms with E-state index in [1.807, 2.05) is 56.0 Å². The zero-order valence-electron chi connectivity index (χ0n) is 21.2. The summed E-state index contributed by atoms with van der Waals surface area (Å²) < 4.78 is 16.2. The average Bonchev–Trinajstić information content (AvgIpc) is 3.35. The Bertz CT molecular complexity index is 1430. The molecule has 188 valence electrons. The highest BCUT2D eigenvalue weighted by molar-refractivity contribution is 5.80. The number of aromatic nitrogens is 5. The van der Waals surface area contributed by atoms with E-state index in [0.29, 0.717) is 43.3 Å². The van der Waals surface area contributed by atoms with Crippen LogP contribution in [0.3, 0.4) is 0 Å². The lowest BCUT2D eigenvalue weighted by molar-refractivity contribution is 0.190. The summed E-state index contributed by atoms with van der Waals surface area (Å²) in [6.45, 7) is 10.7. The van der Waals surface area contributed by atoms with Gasteiger partial charge in [0, 0.05) is 37.3 Å². The molecule has 0 aliphatic carbocycles. The summed E-state index contributed by atoms with van der Waals surface area (Å²) >= 11 is 0. The van der Waals surface area contributed by atoms with E-state index in [1.165, 1.54) is 11.6 Å². The molecule has 0 spiro atoms. The molecular weight excluding hydrogens is 457 g/mol. The number of hydrogen-bond acceptors (Lipinski definition) is 6. The molecule has 8 nitrogen and oxygen atoms in total. The van der Waals surface area contributed by atoms with Gasteiger partial charge in [-0.2, -0.15) is 0 Å². The number of benzene rings is 2. The molecule has 1 saturated heterocycles. The van der Waals surface area contributed by atoms with Gasteiger partial charge in [-0.05, 0) is 78.9 Å². The van der Waals surface area contributed by atoms with Crippen molar-refractivity contribution in [2.24, 2.45) is 0 Å². The number of aromatic amines is 1. The van der Waals surface area contributed by atoms with Crippen molar-refractivity contribution in [1.82, 2.24) is 30.1 Å². The second-order valence-electron chi connectivity index (χ2n) is 10.3. The van der Waals surface area contributed by atoms with Gasteiger partial charge in [0.1, 0.15) is 11.9 Å². The fourth-order valence-corrected chi connectivity index (χ4v) is 4.97. The Morgan fingerprint density at radius 3 is 2.50 bits per heavy atom. The summed E-state index contributed by atoms with van der Waals surface area (Å²) in [4.78, 5) is 20.8. The number of tetrazole rings is 1. The number of pyridine rings is 1. The Hall–Kier alpha value is -3.59. The molecule has 0 amide bonds. The van der Waals surface area contributed by atoms with E-state index < -0.39 is 6.04 Å². The van der Waals surface area contributed by atoms with Gasteiger partial charge < -0.3 is 9.88 Å². The van der Waals surface area contributed by atoms with E-state index in [-0.39, 0.29) is 16.9 Å². The standard InChI is InChI=1S/C27H32FN7O/c1-5-18-10-11-22-19(16-18)17-20(26(36)29-22)24(25-30-31-32-35(25)27(2,3)4)34-14-12-33(13-15-34)23-9-7-6-8-21(23)28/h6-11,16-17,24H,5,12-15H2,1-4H3,(H,29,36)/t24-/m1/s1. The van der Waals surface area contributed by atoms with Gasteiger partial charge in [0.25, 0.3) is 5.56 Å². The lowest BCUT2D eigenvalue weighted by Gasteiger charge is -2.40. The van der Waals surface area contributed by atoms with E-state index >= 15 is 0 Å². The van der Waals surface area contributed by atoms with Crippen molar-refractivity contribution in [3.8, 4) is 0 Å². The number of H-pyrrole nitrogens is 1. The van der Waals surface area contributed by atoms with Crippen molar-refractivity contribution in [3.05, 3.63) is 81.7 Å². The Morgan fingerprint density at radius 2 is 1.81 bits per heavy atom. The smallest absolute Gasteiger partial charge is 0.253 e. The molecule has 1 aliphatic rings. The maximum Gasteiger partial charge on any atom is 0.253 e. The fraction of sp³-hybridized carbons (Fsp3) is 0.407. The molecule has 3 heterocycles. The van der Waals surface area contributed by atoms with Gasteiger partial charge in [-0.15, -0.1) is 5.10 Å². The topological polar surface area (TPSA) is 82.9 Å². The van der Waals surface area contributed by atoms with E-state index in [4.69, 9.17) is 0 Å². The summed E-state index contributed by atoms with van der Waals surface area (Å²) in [6.07, 6.45) is 0.911. The molecule has 5 rings (SSSR count). The van der Waals surface area contributed by atoms with Crippen LogP contribution in [0.1, 0.15) is 50.7 Å². The highest BCUT2D eigenvalue weighted by Crippen LogP contribution is 2.31. The molecule has 0 saturated carbocycles. The number of anilines is 1. The average molecular weight is 490 g/mol. The molecule has 1 fully saturated rings. The predicted octanol–water partition coefficient (Wildman–Crippen LogP) is 3.88. The van der Waals surface area contributed by atoms with E-state index in [2.05, 4.69) is 38.4 Å². The first-order valence-corrected chi connectivity index (χ1v) is 12.4. The second-order valence-corrected chi connectivity index (χ2v) is 10.3. The quantitative estimate of drug-likeness (QED) is 0.458. The second kappa shape index (κ2) is 9.46. The third kappa shape index (κ3) is 4.51. The van der Waals surface area contributed by atoms with Crippen molar-refractivity contribution in [2.45, 2.75) is 45.7 Å². The van der Waals surface area contributed by atoms with Crippen molar-refractivity contribution in [2.75, 3.05) is 31.1 Å². The maximum atomic E-state index is 14.4. The summed E-state index contributed by atoms with van der Waals surface area (Å²) in [5.74, 6) is 0.398. The number of hydrogen-bond donors (Lipinski definition) is 1. The van der Waals surface area contributed by atoms with Crippen LogP contribution in [-0.2, 0) is 12.0 Å². The molecule has 0 radical (unpaired) electrons. The molecule has 1 N–H and O–H groups in total. The van der Waals surface area contributed by atoms with Crippen LogP contribution < -0.4 is 10.5 Å². The normalized spacial score (nSPS) is 16.0. The highest BCUT2D eigenvalue weighted by Gasteiger charge is 2.35. The summed E-state index contributed by atoms with van der Waals surface area (Å²) in [7, 11) is 0. The molecule has 1 atom stereocenters. The first kappa shape index (κ1) is 24.1. The molecule has 1 aliphatic heterocycles. The molecule has 9 heteroatoms. The number of piperazine rings is 1. The van der Waals surface area contributed by atoms with Gasteiger partial charge in [0.05, 0.1) is 11.2 Å². The molecule has 2 aromatic carbocycles. The number of nitrogens with one attached hydrogen (secondary N) is 1. The van der Waals surface area contributed by atoms with E-state index in [9.17, 15) is 9.18 Å². The van der Waals surface area contributed by atoms with Crippen LogP contribution in [0.5, 0.6) is 0 Å². The fourth-order valence-electron chi connectivity index (χ4n) is 4.97. The molecular formula is C27H32FN7O. The van der Waals surface area contributed by atoms with Gasteiger partial charge in [0.15, 0.2) is 5.82 Å². The maximum absolute atomic E-state index is 14.4. The predicted molar refractivity (Wildman–Crippen MR) is 139 cm³/mol. The Labute approximate surface area is 209 Å². The number of aryl methyl sites for hydroxylation is 1. The first-order valence-electron chi connectivity index (χ1n) is 12.4. The van der Waals surface area contributed by atoms with Crippen molar-refractivity contribution >= 4 is 16.6 Å². The minimum Gasteiger partial charge on any atom is -0.367 e. The number of nitrogens with zero attached hydrogens (tertiary/aromatic N) is 6. The van der Waals surface area contributed by atoms with Crippen LogP contribution in [0.15, 0.2) is 53.3 Å². The Morgan fingerprint density at radius 1 is 1.06 bits per heavy atom. The van der Waals surface area contributed by atoms with Gasteiger partial charge in [0.2, 0.25) is 0 Å². The van der Waals surface area contributed by atoms with Gasteiger partial charge in [-0.3, -0.25) is 9.69 Å². The van der Waals surface area contributed by atoms with Crippen molar-refractivity contribution in [1.29, 1.82) is 0 Å². The zero-order chi connectivity index (χ0) is 25.4. The lowest BCUT2D eigenvalue weighted by atomic mass is 10.00. The minimum atomic E-state index is -0.444. The third-order valence-electron chi connectivity index (χ3n) is 6.89. The molecule has 4 aromatic rings. The first-order chi connectivity index (χ1) is 17.3. The third-order valence-corrected chi connectivity index (χ3v) is 6.89. The van der Waals surface area contributed by atoms with Gasteiger partial charge in [-0.1, -0.05) is 25.1 Å². The molecule has 0 bridgehead atoms. The van der Waals surface area contributed by atoms with E-state index in [1.54, 1.807) is 10.7 Å². The van der Waals surface area contributed by atoms with Crippen LogP contribution in [0.2, 0.25) is 0 Å². The SMILES string of the molecule is CCc1ccc2[nH]c(=O)c([C@H](c3nnnn3C(C)(C)C)N3CCN(c4ccccc4F)CC3)cc2c1. The zero-order valence-corrected chi connectivity index (χ0v) is 21.2. The summed E-state index contributed by atoms with van der Waals surface area (Å²) in [6, 6.07) is 14.5. The molecule has 2 aromatic heterocycles. The monoisotopic (exact) mass is 489 g/mol. The Balaban J connectivity index is 1.57. The minimum absolute atomic E-state index is 0.156. The van der Waals surface area contributed by atoms with Crippen LogP contribution in [0, 0.1) is 5.82 Å². The van der Waals surface area contributed by atoms with Gasteiger partial charge >= 0.3 is 0 Å². The van der Waals surface area contributed by atoms with Crippen LogP contribution in [0.4, 0.5) is 10.1 Å². The van der Waals surface area contributed by atoms with Crippen LogP contribution in [-0.4, -0.2) is 56.3 Å². The van der Waals surface area contributed by atoms with Crippen LogP contribution in [0.25, 0.3) is 10.9 Å². The Kier molecular flexibility index (Phi) is 6.34. The molecule has 36 heavy (non-hydrogen) atoms. The van der Waals surface area contributed by atoms with Crippen molar-refractivity contribution in [3.63, 3.8) is 0 Å². The number of para-hydroxylation sites is 1. The summed E-state index contributed by atoms with van der Waals surface area (Å²) in [5, 5.41) is 13.7. The van der Waals surface area contributed by atoms with Crippen molar-refractivity contribution < 1.29 is 4.39 Å².